The van der Waals surface area contributed by atoms with Crippen LogP contribution in [0.2, 0.25) is 0 Å². The summed E-state index contributed by atoms with van der Waals surface area (Å²) < 4.78 is 17.1. The van der Waals surface area contributed by atoms with Crippen molar-refractivity contribution in [1.29, 1.82) is 0 Å². The highest BCUT2D eigenvalue weighted by molar-refractivity contribution is 5.70. The van der Waals surface area contributed by atoms with Crippen molar-refractivity contribution in [2.75, 3.05) is 41.0 Å². The maximum Gasteiger partial charge on any atom is 0.306 e. The quantitative estimate of drug-likeness (QED) is 0.0263. The summed E-state index contributed by atoms with van der Waals surface area (Å²) in [5, 5.41) is 11.6. The summed E-state index contributed by atoms with van der Waals surface area (Å²) in [5.41, 5.74) is 0. The van der Waals surface area contributed by atoms with Gasteiger partial charge in [0.1, 0.15) is 12.6 Å². The topological polar surface area (TPSA) is 102 Å². The van der Waals surface area contributed by atoms with Gasteiger partial charge >= 0.3 is 11.9 Å². The highest BCUT2D eigenvalue weighted by Gasteiger charge is 2.25. The van der Waals surface area contributed by atoms with Crippen LogP contribution in [0.4, 0.5) is 0 Å². The molecule has 0 aliphatic heterocycles. The Bertz CT molecular complexity index is 1280. The molecule has 0 heterocycles. The molecule has 0 rings (SSSR count). The van der Waals surface area contributed by atoms with E-state index >= 15 is 0 Å². The second-order valence-electron chi connectivity index (χ2n) is 15.9. The molecule has 0 N–H and O–H groups in total. The molecule has 0 fully saturated rings. The SMILES string of the molecule is CC/C=C/C/C=C/C/C=C/C/C=C/C/C=C/C/C=C/CCCCCC(=O)OC(COCCC(C(=O)[O-])[N+](C)(C)C)COC(=O)CC/C=C/C/C=C/CCCCCCCC. The van der Waals surface area contributed by atoms with Gasteiger partial charge in [0.05, 0.1) is 40.3 Å². The Kier molecular flexibility index (Phi) is 38.4. The molecular weight excluding hydrogens is 739 g/mol. The number of allylic oxidation sites excluding steroid dienone is 16. The number of ether oxygens (including phenoxy) is 3. The number of carbonyl (C=O) groups excluding carboxylic acids is 3. The minimum absolute atomic E-state index is 0.00356. The minimum Gasteiger partial charge on any atom is -0.544 e. The molecule has 0 bridgehead atoms. The minimum atomic E-state index is -1.14. The van der Waals surface area contributed by atoms with Gasteiger partial charge < -0.3 is 28.6 Å². The maximum atomic E-state index is 12.7. The zero-order chi connectivity index (χ0) is 43.5. The molecule has 0 radical (unpaired) electrons. The van der Waals surface area contributed by atoms with E-state index < -0.39 is 18.1 Å². The first-order valence-electron chi connectivity index (χ1n) is 22.8. The number of quaternary nitrogens is 1. The molecule has 8 nitrogen and oxygen atoms in total. The van der Waals surface area contributed by atoms with E-state index in [1.165, 1.54) is 38.5 Å². The Labute approximate surface area is 360 Å². The number of carbonyl (C=O) groups is 3. The van der Waals surface area contributed by atoms with Crippen LogP contribution in [0.5, 0.6) is 0 Å². The molecule has 8 heteroatoms. The first kappa shape index (κ1) is 55.2. The summed E-state index contributed by atoms with van der Waals surface area (Å²) in [7, 11) is 5.37. The maximum absolute atomic E-state index is 12.7. The Morgan fingerprint density at radius 1 is 0.525 bits per heavy atom. The molecule has 0 aromatic carbocycles. The monoisotopic (exact) mass is 822 g/mol. The summed E-state index contributed by atoms with van der Waals surface area (Å²) >= 11 is 0. The lowest BCUT2D eigenvalue weighted by Crippen LogP contribution is -2.55. The van der Waals surface area contributed by atoms with Gasteiger partial charge in [-0.25, -0.2) is 0 Å². The largest absolute Gasteiger partial charge is 0.544 e. The van der Waals surface area contributed by atoms with E-state index in [-0.39, 0.29) is 55.5 Å². The molecule has 0 saturated carbocycles. The summed E-state index contributed by atoms with van der Waals surface area (Å²) in [6, 6.07) is -0.745. The predicted molar refractivity (Wildman–Crippen MR) is 245 cm³/mol. The average molecular weight is 822 g/mol. The van der Waals surface area contributed by atoms with Crippen molar-refractivity contribution in [2.24, 2.45) is 0 Å². The third-order valence-corrected chi connectivity index (χ3v) is 9.47. The molecule has 0 aliphatic carbocycles. The van der Waals surface area contributed by atoms with Crippen LogP contribution >= 0.6 is 0 Å². The molecule has 2 atom stereocenters. The lowest BCUT2D eigenvalue weighted by molar-refractivity contribution is -0.889. The fourth-order valence-electron chi connectivity index (χ4n) is 5.95. The van der Waals surface area contributed by atoms with Crippen LogP contribution in [-0.2, 0) is 28.6 Å². The van der Waals surface area contributed by atoms with Gasteiger partial charge in [-0.2, -0.15) is 0 Å². The summed E-state index contributed by atoms with van der Waals surface area (Å²) in [6.07, 6.45) is 54.5. The number of hydrogen-bond donors (Lipinski definition) is 0. The molecular formula is C51H83NO7. The number of hydrogen-bond acceptors (Lipinski definition) is 7. The highest BCUT2D eigenvalue weighted by atomic mass is 16.6. The van der Waals surface area contributed by atoms with Crippen molar-refractivity contribution in [3.8, 4) is 0 Å². The fourth-order valence-corrected chi connectivity index (χ4v) is 5.95. The van der Waals surface area contributed by atoms with Gasteiger partial charge in [-0.05, 0) is 83.5 Å². The van der Waals surface area contributed by atoms with Crippen LogP contribution in [0, 0.1) is 0 Å². The number of esters is 2. The van der Waals surface area contributed by atoms with Crippen molar-refractivity contribution in [3.05, 3.63) is 97.2 Å². The number of nitrogens with zero attached hydrogens (tertiary/aromatic N) is 1. The van der Waals surface area contributed by atoms with E-state index in [0.717, 1.165) is 70.6 Å². The fraction of sp³-hybridized carbons (Fsp3) is 0.627. The Balaban J connectivity index is 4.47. The van der Waals surface area contributed by atoms with Crippen LogP contribution in [-0.4, -0.2) is 75.5 Å². The lowest BCUT2D eigenvalue weighted by Gasteiger charge is -2.34. The number of carboxylic acids is 1. The zero-order valence-corrected chi connectivity index (χ0v) is 37.9. The van der Waals surface area contributed by atoms with Gasteiger partial charge in [0.2, 0.25) is 0 Å². The Hall–Kier alpha value is -3.75. The van der Waals surface area contributed by atoms with E-state index in [4.69, 9.17) is 14.2 Å². The molecule has 59 heavy (non-hydrogen) atoms. The molecule has 0 aliphatic rings. The molecule has 0 aromatic rings. The summed E-state index contributed by atoms with van der Waals surface area (Å²) in [4.78, 5) is 36.8. The van der Waals surface area contributed by atoms with Gasteiger partial charge in [-0.1, -0.05) is 150 Å². The van der Waals surface area contributed by atoms with Crippen LogP contribution < -0.4 is 5.11 Å². The smallest absolute Gasteiger partial charge is 0.306 e. The van der Waals surface area contributed by atoms with Crippen molar-refractivity contribution in [3.63, 3.8) is 0 Å². The van der Waals surface area contributed by atoms with Crippen molar-refractivity contribution < 1.29 is 38.2 Å². The predicted octanol–water partition coefficient (Wildman–Crippen LogP) is 11.4. The summed E-state index contributed by atoms with van der Waals surface area (Å²) in [6.45, 7) is 4.42. The number of carboxylic acid groups (broad SMARTS) is 1. The highest BCUT2D eigenvalue weighted by Crippen LogP contribution is 2.11. The van der Waals surface area contributed by atoms with Gasteiger partial charge in [0.15, 0.2) is 6.10 Å². The lowest BCUT2D eigenvalue weighted by atomic mass is 10.1. The van der Waals surface area contributed by atoms with E-state index in [1.54, 1.807) is 21.1 Å². The Morgan fingerprint density at radius 3 is 1.47 bits per heavy atom. The van der Waals surface area contributed by atoms with Crippen LogP contribution in [0.15, 0.2) is 97.2 Å². The number of likely N-dealkylation sites (N-methyl/N-ethyl adjacent to an activating group) is 1. The van der Waals surface area contributed by atoms with E-state index in [0.29, 0.717) is 12.8 Å². The molecule has 334 valence electrons. The van der Waals surface area contributed by atoms with E-state index in [9.17, 15) is 19.5 Å². The van der Waals surface area contributed by atoms with Crippen molar-refractivity contribution in [1.82, 2.24) is 0 Å². The van der Waals surface area contributed by atoms with Crippen molar-refractivity contribution in [2.45, 2.75) is 167 Å². The summed E-state index contributed by atoms with van der Waals surface area (Å²) in [5.74, 6) is -1.88. The number of aliphatic carboxylic acids is 1. The van der Waals surface area contributed by atoms with Gasteiger partial charge in [-0.15, -0.1) is 0 Å². The normalized spacial score (nSPS) is 13.8. The first-order chi connectivity index (χ1) is 28.6. The molecule has 0 spiro atoms. The van der Waals surface area contributed by atoms with Crippen molar-refractivity contribution >= 4 is 17.9 Å². The first-order valence-corrected chi connectivity index (χ1v) is 22.8. The molecule has 0 saturated heterocycles. The van der Waals surface area contributed by atoms with Crippen LogP contribution in [0.1, 0.15) is 155 Å². The second kappa shape index (κ2) is 41.0. The van der Waals surface area contributed by atoms with E-state index in [1.807, 2.05) is 6.08 Å². The number of unbranched alkanes of at least 4 members (excludes halogenated alkanes) is 9. The van der Waals surface area contributed by atoms with Crippen LogP contribution in [0.25, 0.3) is 0 Å². The standard InChI is InChI=1S/C51H83NO7/c1-6-8-10-12-14-16-18-20-21-22-23-24-25-26-27-28-30-32-34-36-38-40-42-50(54)59-47(45-57-44-43-48(51(55)56)52(3,4)5)46-58-49(53)41-39-37-35-33-31-29-19-17-15-13-11-9-7-2/h8,10,14,16,20-21,23-24,26-27,29-32,35,37,47-48H,6-7,9,11-13,15,17-19,22,25,28,33-34,36,38-46H2,1-5H3/b10-8+,16-14+,21-20+,24-23+,27-26+,31-29+,32-30+,37-35+. The van der Waals surface area contributed by atoms with Gasteiger partial charge in [0.25, 0.3) is 0 Å². The van der Waals surface area contributed by atoms with Gasteiger partial charge in [0, 0.05) is 19.3 Å². The zero-order valence-electron chi connectivity index (χ0n) is 37.9. The van der Waals surface area contributed by atoms with Crippen LogP contribution in [0.3, 0.4) is 0 Å². The molecule has 2 unspecified atom stereocenters. The second-order valence-corrected chi connectivity index (χ2v) is 15.9. The third kappa shape index (κ3) is 39.5. The van der Waals surface area contributed by atoms with Gasteiger partial charge in [-0.3, -0.25) is 9.59 Å². The average Bonchev–Trinajstić information content (AvgIpc) is 3.19. The molecule has 0 amide bonds. The van der Waals surface area contributed by atoms with E-state index in [2.05, 4.69) is 105 Å². The molecule has 0 aromatic heterocycles. The Morgan fingerprint density at radius 2 is 0.983 bits per heavy atom. The third-order valence-electron chi connectivity index (χ3n) is 9.47. The number of rotatable bonds is 39.